The summed E-state index contributed by atoms with van der Waals surface area (Å²) < 4.78 is 10.8. The number of phenolic OH excluding ortho intramolecular Hbond substituents is 2. The first-order valence-electron chi connectivity index (χ1n) is 8.83. The second-order valence-corrected chi connectivity index (χ2v) is 7.08. The number of anilines is 2. The molecule has 0 radical (unpaired) electrons. The summed E-state index contributed by atoms with van der Waals surface area (Å²) in [6, 6.07) is 15.3. The zero-order valence-corrected chi connectivity index (χ0v) is 15.7. The Bertz CT molecular complexity index is 1130. The molecule has 1 amide bonds. The van der Waals surface area contributed by atoms with Gasteiger partial charge in [-0.05, 0) is 36.4 Å². The van der Waals surface area contributed by atoms with Gasteiger partial charge in [0.15, 0.2) is 23.0 Å². The number of nitrogens with zero attached hydrogens (tertiary/aromatic N) is 1. The molecular weight excluding hydrogens is 396 g/mol. The van der Waals surface area contributed by atoms with Crippen LogP contribution < -0.4 is 19.7 Å². The zero-order valence-electron chi connectivity index (χ0n) is 14.9. The predicted octanol–water partition coefficient (Wildman–Crippen LogP) is 4.25. The van der Waals surface area contributed by atoms with Gasteiger partial charge in [-0.3, -0.25) is 9.69 Å². The van der Waals surface area contributed by atoms with Crippen LogP contribution in [0.2, 0.25) is 5.02 Å². The Balaban J connectivity index is 1.67. The minimum atomic E-state index is -0.679. The third-order valence-electron chi connectivity index (χ3n) is 4.94. The number of fused-ring (bicyclic) bond motifs is 2. The van der Waals surface area contributed by atoms with Crippen molar-refractivity contribution in [1.29, 1.82) is 0 Å². The molecule has 0 bridgehead atoms. The van der Waals surface area contributed by atoms with Crippen molar-refractivity contribution in [3.05, 3.63) is 70.7 Å². The van der Waals surface area contributed by atoms with E-state index < -0.39 is 11.9 Å². The number of carbonyl (C=O) groups excluding carboxylic acids is 1. The number of rotatable bonds is 2. The van der Waals surface area contributed by atoms with E-state index in [0.717, 1.165) is 0 Å². The summed E-state index contributed by atoms with van der Waals surface area (Å²) in [6.45, 7) is 0.124. The molecule has 2 heterocycles. The van der Waals surface area contributed by atoms with E-state index in [1.54, 1.807) is 41.3 Å². The highest BCUT2D eigenvalue weighted by molar-refractivity contribution is 6.32. The highest BCUT2D eigenvalue weighted by Gasteiger charge is 2.35. The van der Waals surface area contributed by atoms with Crippen LogP contribution in [0.3, 0.4) is 0 Å². The largest absolute Gasteiger partial charge is 0.504 e. The first kappa shape index (κ1) is 17.5. The summed E-state index contributed by atoms with van der Waals surface area (Å²) in [5.41, 5.74) is 2.25. The molecule has 3 aromatic carbocycles. The lowest BCUT2D eigenvalue weighted by Crippen LogP contribution is -2.43. The molecule has 0 unspecified atom stereocenters. The maximum absolute atomic E-state index is 13.4. The van der Waals surface area contributed by atoms with Gasteiger partial charge in [-0.15, -0.1) is 0 Å². The molecule has 0 aliphatic carbocycles. The van der Waals surface area contributed by atoms with Crippen molar-refractivity contribution in [3.63, 3.8) is 0 Å². The van der Waals surface area contributed by atoms with Crippen molar-refractivity contribution < 1.29 is 24.5 Å². The maximum Gasteiger partial charge on any atom is 0.262 e. The van der Waals surface area contributed by atoms with Crippen LogP contribution in [-0.2, 0) is 0 Å². The van der Waals surface area contributed by atoms with Gasteiger partial charge in [-0.1, -0.05) is 23.7 Å². The van der Waals surface area contributed by atoms with Gasteiger partial charge in [0, 0.05) is 17.3 Å². The second kappa shape index (κ2) is 6.49. The van der Waals surface area contributed by atoms with Gasteiger partial charge < -0.3 is 25.0 Å². The first-order valence-corrected chi connectivity index (χ1v) is 9.21. The molecule has 3 N–H and O–H groups in total. The van der Waals surface area contributed by atoms with Gasteiger partial charge in [0.05, 0.1) is 16.3 Å². The number of nitrogens with one attached hydrogen (secondary N) is 1. The van der Waals surface area contributed by atoms with Crippen molar-refractivity contribution in [2.24, 2.45) is 0 Å². The monoisotopic (exact) mass is 410 g/mol. The fourth-order valence-corrected chi connectivity index (χ4v) is 3.77. The van der Waals surface area contributed by atoms with Crippen LogP contribution in [0, 0.1) is 0 Å². The van der Waals surface area contributed by atoms with Gasteiger partial charge in [-0.25, -0.2) is 0 Å². The second-order valence-electron chi connectivity index (χ2n) is 6.68. The van der Waals surface area contributed by atoms with E-state index >= 15 is 0 Å². The van der Waals surface area contributed by atoms with Crippen LogP contribution in [0.25, 0.3) is 0 Å². The lowest BCUT2D eigenvalue weighted by molar-refractivity contribution is 0.0975. The molecule has 3 aromatic rings. The third-order valence-corrected chi connectivity index (χ3v) is 5.23. The lowest BCUT2D eigenvalue weighted by Gasteiger charge is -2.38. The van der Waals surface area contributed by atoms with Crippen molar-refractivity contribution in [2.75, 3.05) is 17.0 Å². The summed E-state index contributed by atoms with van der Waals surface area (Å²) in [5, 5.41) is 23.2. The smallest absolute Gasteiger partial charge is 0.262 e. The standard InChI is InChI=1S/C21H15ClN2O5/c22-14-7-11(8-16(25)19(14)26)20-23-15-4-2-1-3-13(15)21(27)24(20)12-5-6-17-18(9-12)29-10-28-17/h1-9,20,23,25-26H,10H2/t20-/m0/s1. The molecule has 2 aliphatic heterocycles. The molecule has 0 saturated carbocycles. The van der Waals surface area contributed by atoms with Crippen molar-refractivity contribution in [3.8, 4) is 23.0 Å². The molecule has 146 valence electrons. The topological polar surface area (TPSA) is 91.3 Å². The van der Waals surface area contributed by atoms with Gasteiger partial charge in [0.25, 0.3) is 5.91 Å². The summed E-state index contributed by atoms with van der Waals surface area (Å²) in [4.78, 5) is 15.0. The molecule has 1 atom stereocenters. The molecule has 0 spiro atoms. The van der Waals surface area contributed by atoms with E-state index in [0.29, 0.717) is 34.0 Å². The first-order chi connectivity index (χ1) is 14.0. The molecule has 5 rings (SSSR count). The number of amides is 1. The van der Waals surface area contributed by atoms with Crippen LogP contribution >= 0.6 is 11.6 Å². The van der Waals surface area contributed by atoms with Gasteiger partial charge >= 0.3 is 0 Å². The SMILES string of the molecule is O=C1c2ccccc2N[C@H](c2cc(O)c(O)c(Cl)c2)N1c1ccc2c(c1)OCO2. The lowest BCUT2D eigenvalue weighted by atomic mass is 10.0. The Hall–Kier alpha value is -3.58. The Morgan fingerprint density at radius 2 is 1.83 bits per heavy atom. The fraction of sp³-hybridized carbons (Fsp3) is 0.0952. The molecule has 0 aromatic heterocycles. The fourth-order valence-electron chi connectivity index (χ4n) is 3.55. The number of hydrogen-bond donors (Lipinski definition) is 3. The predicted molar refractivity (Wildman–Crippen MR) is 107 cm³/mol. The van der Waals surface area contributed by atoms with Gasteiger partial charge in [0.2, 0.25) is 6.79 Å². The minimum absolute atomic E-state index is 0.0151. The van der Waals surface area contributed by atoms with Gasteiger partial charge in [0.1, 0.15) is 6.17 Å². The van der Waals surface area contributed by atoms with E-state index in [9.17, 15) is 15.0 Å². The molecule has 0 fully saturated rings. The number of phenols is 2. The number of hydrogen-bond acceptors (Lipinski definition) is 6. The summed E-state index contributed by atoms with van der Waals surface area (Å²) in [7, 11) is 0. The van der Waals surface area contributed by atoms with E-state index in [4.69, 9.17) is 21.1 Å². The van der Waals surface area contributed by atoms with E-state index in [2.05, 4.69) is 5.32 Å². The van der Waals surface area contributed by atoms with E-state index in [1.165, 1.54) is 12.1 Å². The minimum Gasteiger partial charge on any atom is -0.504 e. The Morgan fingerprint density at radius 1 is 1.03 bits per heavy atom. The average molecular weight is 411 g/mol. The quantitative estimate of drug-likeness (QED) is 0.547. The molecular formula is C21H15ClN2O5. The van der Waals surface area contributed by atoms with Crippen molar-refractivity contribution in [1.82, 2.24) is 0 Å². The normalized spacial score (nSPS) is 17.1. The van der Waals surface area contributed by atoms with Crippen LogP contribution in [0.5, 0.6) is 23.0 Å². The molecule has 29 heavy (non-hydrogen) atoms. The van der Waals surface area contributed by atoms with E-state index in [-0.39, 0.29) is 23.5 Å². The zero-order chi connectivity index (χ0) is 20.1. The van der Waals surface area contributed by atoms with Crippen LogP contribution in [0.4, 0.5) is 11.4 Å². The highest BCUT2D eigenvalue weighted by Crippen LogP contribution is 2.43. The number of aromatic hydroxyl groups is 2. The number of ether oxygens (including phenoxy) is 2. The summed E-state index contributed by atoms with van der Waals surface area (Å²) in [5.74, 6) is 0.138. The van der Waals surface area contributed by atoms with Gasteiger partial charge in [-0.2, -0.15) is 0 Å². The number of carbonyl (C=O) groups is 1. The third kappa shape index (κ3) is 2.78. The van der Waals surface area contributed by atoms with Crippen LogP contribution in [0.15, 0.2) is 54.6 Å². The van der Waals surface area contributed by atoms with Crippen molar-refractivity contribution >= 4 is 28.9 Å². The molecule has 0 saturated heterocycles. The van der Waals surface area contributed by atoms with E-state index in [1.807, 2.05) is 6.07 Å². The molecule has 2 aliphatic rings. The van der Waals surface area contributed by atoms with Crippen LogP contribution in [0.1, 0.15) is 22.1 Å². The molecule has 7 nitrogen and oxygen atoms in total. The molecule has 8 heteroatoms. The summed E-state index contributed by atoms with van der Waals surface area (Å²) >= 11 is 6.07. The Labute approximate surface area is 170 Å². The summed E-state index contributed by atoms with van der Waals surface area (Å²) in [6.07, 6.45) is -0.679. The van der Waals surface area contributed by atoms with Crippen molar-refractivity contribution in [2.45, 2.75) is 6.17 Å². The number of benzene rings is 3. The number of halogens is 1. The van der Waals surface area contributed by atoms with Crippen LogP contribution in [-0.4, -0.2) is 22.9 Å². The number of para-hydroxylation sites is 1. The maximum atomic E-state index is 13.4. The Kier molecular flexibility index (Phi) is 3.92. The average Bonchev–Trinajstić information content (AvgIpc) is 3.19. The highest BCUT2D eigenvalue weighted by atomic mass is 35.5. The Morgan fingerprint density at radius 3 is 2.66 bits per heavy atom.